The van der Waals surface area contributed by atoms with E-state index in [-0.39, 0.29) is 23.1 Å². The molecule has 0 unspecified atom stereocenters. The fourth-order valence-electron chi connectivity index (χ4n) is 6.73. The van der Waals surface area contributed by atoms with Gasteiger partial charge in [0.2, 0.25) is 0 Å². The summed E-state index contributed by atoms with van der Waals surface area (Å²) in [4.78, 5) is 5.28. The van der Waals surface area contributed by atoms with Crippen molar-refractivity contribution in [2.75, 3.05) is 38.5 Å². The van der Waals surface area contributed by atoms with Gasteiger partial charge in [0.15, 0.2) is 0 Å². The predicted molar refractivity (Wildman–Crippen MR) is 193 cm³/mol. The Balaban J connectivity index is 0.000000192. The summed E-state index contributed by atoms with van der Waals surface area (Å²) in [6.45, 7) is 14.6. The zero-order valence-electron chi connectivity index (χ0n) is 26.0. The summed E-state index contributed by atoms with van der Waals surface area (Å²) in [5.74, 6) is 0. The molecule has 220 valence electrons. The molecule has 43 heavy (non-hydrogen) atoms. The van der Waals surface area contributed by atoms with Crippen LogP contribution in [0.2, 0.25) is 0 Å². The number of rotatable bonds is 8. The van der Waals surface area contributed by atoms with Crippen LogP contribution in [-0.2, 0) is 0 Å². The van der Waals surface area contributed by atoms with Crippen LogP contribution in [0.1, 0.15) is 38.5 Å². The zero-order valence-corrected chi connectivity index (χ0v) is 29.5. The third kappa shape index (κ3) is 9.03. The van der Waals surface area contributed by atoms with E-state index < -0.39 is 16.1 Å². The van der Waals surface area contributed by atoms with Gasteiger partial charge in [-0.2, -0.15) is 0 Å². The maximum absolute atomic E-state index is 4.80. The molecule has 0 spiro atoms. The Morgan fingerprint density at radius 2 is 0.628 bits per heavy atom. The van der Waals surface area contributed by atoms with Crippen molar-refractivity contribution in [3.63, 3.8) is 0 Å². The molecule has 4 aromatic carbocycles. The van der Waals surface area contributed by atoms with E-state index in [2.05, 4.69) is 131 Å². The Morgan fingerprint density at radius 3 is 0.860 bits per heavy atom. The van der Waals surface area contributed by atoms with Gasteiger partial charge in [-0.15, -0.1) is 0 Å². The van der Waals surface area contributed by atoms with Crippen LogP contribution in [0.15, 0.2) is 121 Å². The van der Waals surface area contributed by atoms with Gasteiger partial charge in [0.1, 0.15) is 0 Å². The van der Waals surface area contributed by atoms with Gasteiger partial charge in [0.05, 0.1) is 0 Å². The molecule has 2 aliphatic rings. The third-order valence-corrected chi connectivity index (χ3v) is 16.9. The number of hydrogen-bond acceptors (Lipinski definition) is 2. The maximum Gasteiger partial charge on any atom is 2.00 e. The van der Waals surface area contributed by atoms with E-state index in [0.29, 0.717) is 0 Å². The van der Waals surface area contributed by atoms with Crippen LogP contribution in [0, 0.1) is 13.1 Å². The van der Waals surface area contributed by atoms with Crippen molar-refractivity contribution >= 4 is 59.9 Å². The van der Waals surface area contributed by atoms with Crippen molar-refractivity contribution in [3.05, 3.63) is 134 Å². The molecular formula is C38H48MgN2Si2. The van der Waals surface area contributed by atoms with Crippen LogP contribution in [0.3, 0.4) is 0 Å². The zero-order chi connectivity index (χ0) is 29.1. The molecule has 0 radical (unpaired) electrons. The van der Waals surface area contributed by atoms with E-state index >= 15 is 0 Å². The molecule has 4 aromatic rings. The number of likely N-dealkylation sites (tertiary alicyclic amines) is 2. The molecule has 2 nitrogen and oxygen atoms in total. The summed E-state index contributed by atoms with van der Waals surface area (Å²) in [6, 6.07) is 43.8. The minimum atomic E-state index is -1.91. The van der Waals surface area contributed by atoms with Crippen LogP contribution in [-0.4, -0.2) is 87.5 Å². The van der Waals surface area contributed by atoms with Gasteiger partial charge in [-0.25, -0.2) is 0 Å². The molecule has 5 heteroatoms. The van der Waals surface area contributed by atoms with Crippen molar-refractivity contribution < 1.29 is 0 Å². The van der Waals surface area contributed by atoms with E-state index in [1.807, 2.05) is 0 Å². The Morgan fingerprint density at radius 1 is 0.395 bits per heavy atom. The quantitative estimate of drug-likeness (QED) is 0.206. The Hall–Kier alpha value is -2.00. The molecule has 2 fully saturated rings. The first-order chi connectivity index (χ1) is 20.6. The van der Waals surface area contributed by atoms with Gasteiger partial charge < -0.3 is 22.9 Å². The second-order valence-corrected chi connectivity index (χ2v) is 19.6. The van der Waals surface area contributed by atoms with Crippen molar-refractivity contribution in [3.8, 4) is 0 Å². The van der Waals surface area contributed by atoms with Gasteiger partial charge >= 0.3 is 23.1 Å². The monoisotopic (exact) mass is 612 g/mol. The smallest absolute Gasteiger partial charge is 0.332 e. The summed E-state index contributed by atoms with van der Waals surface area (Å²) >= 11 is 0. The number of benzene rings is 4. The number of hydrogen-bond donors (Lipinski definition) is 0. The Kier molecular flexibility index (Phi) is 13.3. The largest absolute Gasteiger partial charge is 2.00 e. The third-order valence-electron chi connectivity index (χ3n) is 9.19. The average Bonchev–Trinajstić information content (AvgIpc) is 3.07. The summed E-state index contributed by atoms with van der Waals surface area (Å²) < 4.78 is 0. The molecule has 0 saturated carbocycles. The molecule has 0 bridgehead atoms. The van der Waals surface area contributed by atoms with Gasteiger partial charge in [-0.05, 0) is 80.3 Å². The molecule has 0 aliphatic carbocycles. The van der Waals surface area contributed by atoms with E-state index in [9.17, 15) is 0 Å². The van der Waals surface area contributed by atoms with Gasteiger partial charge in [0.25, 0.3) is 0 Å². The van der Waals surface area contributed by atoms with Crippen molar-refractivity contribution in [2.45, 2.75) is 38.5 Å². The van der Waals surface area contributed by atoms with Crippen LogP contribution >= 0.6 is 0 Å². The van der Waals surface area contributed by atoms with Gasteiger partial charge in [-0.1, -0.05) is 155 Å². The fourth-order valence-corrected chi connectivity index (χ4v) is 13.6. The Bertz CT molecular complexity index is 1130. The van der Waals surface area contributed by atoms with Crippen LogP contribution in [0.25, 0.3) is 0 Å². The van der Waals surface area contributed by atoms with Crippen molar-refractivity contribution in [1.29, 1.82) is 0 Å². The summed E-state index contributed by atoms with van der Waals surface area (Å²) in [7, 11) is -3.83. The van der Waals surface area contributed by atoms with Crippen molar-refractivity contribution in [2.24, 2.45) is 0 Å². The number of nitrogens with zero attached hydrogens (tertiary/aromatic N) is 2. The summed E-state index contributed by atoms with van der Waals surface area (Å²) in [5.41, 5.74) is 0. The average molecular weight is 613 g/mol. The SMILES string of the molecule is [CH2-][Si](CN1CCCCC1)(c1ccccc1)c1ccccc1.[CH2-][Si](CN1CCCCC1)(c1ccccc1)c1ccccc1.[Mg+2]. The molecule has 0 aromatic heterocycles. The van der Waals surface area contributed by atoms with Gasteiger partial charge in [0, 0.05) is 0 Å². The van der Waals surface area contributed by atoms with E-state index in [1.54, 1.807) is 0 Å². The standard InChI is InChI=1S/2C19H24NSi.Mg/c2*1-21(18-11-5-2-6-12-18,19-13-7-3-8-14-19)17-20-15-9-4-10-16-20;/h2*2-3,5-8,11-14H,1,4,9-10,15-17H2;/q2*-1;+2. The first-order valence-corrected chi connectivity index (χ1v) is 20.8. The minimum absolute atomic E-state index is 0. The topological polar surface area (TPSA) is 6.48 Å². The fraction of sp³-hybridized carbons (Fsp3) is 0.316. The molecule has 0 atom stereocenters. The number of piperidine rings is 2. The van der Waals surface area contributed by atoms with E-state index in [0.717, 1.165) is 12.3 Å². The molecular weight excluding hydrogens is 565 g/mol. The second-order valence-electron chi connectivity index (χ2n) is 12.3. The maximum atomic E-state index is 4.80. The van der Waals surface area contributed by atoms with E-state index in [1.165, 1.54) is 85.5 Å². The molecule has 0 N–H and O–H groups in total. The molecule has 0 amide bonds. The summed E-state index contributed by atoms with van der Waals surface area (Å²) in [5, 5.41) is 5.78. The van der Waals surface area contributed by atoms with Crippen molar-refractivity contribution in [1.82, 2.24) is 9.80 Å². The molecule has 2 heterocycles. The molecule has 2 aliphatic heterocycles. The van der Waals surface area contributed by atoms with E-state index in [4.69, 9.17) is 13.1 Å². The van der Waals surface area contributed by atoms with Crippen LogP contribution in [0.4, 0.5) is 0 Å². The normalized spacial score (nSPS) is 16.4. The predicted octanol–water partition coefficient (Wildman–Crippen LogP) is 4.92. The molecule has 6 rings (SSSR count). The molecule has 2 saturated heterocycles. The van der Waals surface area contributed by atoms with Gasteiger partial charge in [-0.3, -0.25) is 0 Å². The minimum Gasteiger partial charge on any atom is -0.332 e. The summed E-state index contributed by atoms with van der Waals surface area (Å²) in [6.07, 6.45) is 10.4. The first kappa shape index (κ1) is 33.9. The second kappa shape index (κ2) is 16.9. The Labute approximate surface area is 279 Å². The van der Waals surface area contributed by atoms with Crippen LogP contribution in [0.5, 0.6) is 0 Å². The first-order valence-electron chi connectivity index (χ1n) is 16.0. The van der Waals surface area contributed by atoms with Crippen LogP contribution < -0.4 is 20.7 Å².